The van der Waals surface area contributed by atoms with Gasteiger partial charge in [0.05, 0.1) is 6.10 Å². The van der Waals surface area contributed by atoms with Crippen molar-refractivity contribution in [2.24, 2.45) is 0 Å². The van der Waals surface area contributed by atoms with Crippen molar-refractivity contribution in [2.45, 2.75) is 51.2 Å². The molecule has 1 fully saturated rings. The molecule has 2 unspecified atom stereocenters. The maximum absolute atomic E-state index is 9.69. The maximum atomic E-state index is 9.69. The Hall–Kier alpha value is -0.275. The Morgan fingerprint density at radius 3 is 2.86 bits per heavy atom. The van der Waals surface area contributed by atoms with E-state index in [4.69, 9.17) is 0 Å². The van der Waals surface area contributed by atoms with Gasteiger partial charge in [-0.25, -0.2) is 0 Å². The summed E-state index contributed by atoms with van der Waals surface area (Å²) in [5.41, 5.74) is 0. The molecule has 0 aliphatic carbocycles. The monoisotopic (exact) mass is 195 g/mol. The van der Waals surface area contributed by atoms with E-state index < -0.39 is 0 Å². The molecule has 1 rings (SSSR count). The van der Waals surface area contributed by atoms with Gasteiger partial charge in [0.1, 0.15) is 0 Å². The number of allylic oxidation sites excluding steroid dienone is 1. The zero-order chi connectivity index (χ0) is 10.4. The van der Waals surface area contributed by atoms with Crippen LogP contribution in [0.25, 0.3) is 0 Å². The van der Waals surface area contributed by atoms with Crippen molar-refractivity contribution in [3.05, 3.63) is 12.2 Å². The van der Waals surface area contributed by atoms with E-state index in [1.807, 2.05) is 0 Å². The average Bonchev–Trinajstić information content (AvgIpc) is 2.48. The van der Waals surface area contributed by atoms with Crippen LogP contribution in [0.2, 0.25) is 0 Å². The molecule has 0 amide bonds. The normalized spacial score (nSPS) is 29.0. The molecule has 1 aliphatic rings. The van der Waals surface area contributed by atoms with E-state index in [1.165, 1.54) is 19.3 Å². The first-order chi connectivity index (χ1) is 6.75. The number of unbranched alkanes of at least 4 members (excludes halogenated alkanes) is 2. The minimum atomic E-state index is -0.115. The molecule has 2 nitrogen and oxygen atoms in total. The molecule has 14 heavy (non-hydrogen) atoms. The van der Waals surface area contributed by atoms with Crippen LogP contribution in [0.3, 0.4) is 0 Å². The lowest BCUT2D eigenvalue weighted by Gasteiger charge is -2.20. The Balaban J connectivity index is 2.19. The molecule has 80 valence electrons. The van der Waals surface area contributed by atoms with Crippen molar-refractivity contribution >= 4 is 7.98 Å². The highest BCUT2D eigenvalue weighted by molar-refractivity contribution is 6.04. The van der Waals surface area contributed by atoms with E-state index in [9.17, 15) is 5.11 Å². The number of hydrogen-bond donors (Lipinski definition) is 1. The van der Waals surface area contributed by atoms with Gasteiger partial charge in [0.15, 0.2) is 7.98 Å². The summed E-state index contributed by atoms with van der Waals surface area (Å²) in [5, 5.41) is 9.69. The standard InChI is InChI=1S/C11H22BNO/c1-2-3-4-5-6-7-10-11(14)8-9-13(10)12/h5-6,10-11,14H,2-4,7-9,12H2,1H3/b6-5-. The molecule has 0 bridgehead atoms. The third-order valence-electron chi connectivity index (χ3n) is 3.06. The number of aliphatic hydroxyl groups excluding tert-OH is 1. The fraction of sp³-hybridized carbons (Fsp3) is 0.818. The van der Waals surface area contributed by atoms with Crippen molar-refractivity contribution in [2.75, 3.05) is 6.54 Å². The number of aliphatic hydroxyl groups is 1. The average molecular weight is 195 g/mol. The molecule has 1 saturated heterocycles. The second-order valence-corrected chi connectivity index (χ2v) is 4.25. The van der Waals surface area contributed by atoms with Gasteiger partial charge in [0, 0.05) is 6.04 Å². The molecule has 0 aromatic rings. The van der Waals surface area contributed by atoms with Crippen LogP contribution < -0.4 is 0 Å². The molecule has 3 heteroatoms. The Bertz CT molecular complexity index is 174. The Morgan fingerprint density at radius 2 is 2.29 bits per heavy atom. The first kappa shape index (κ1) is 11.8. The van der Waals surface area contributed by atoms with Crippen molar-refractivity contribution in [1.29, 1.82) is 0 Å². The van der Waals surface area contributed by atoms with Gasteiger partial charge < -0.3 is 9.92 Å². The van der Waals surface area contributed by atoms with Crippen molar-refractivity contribution < 1.29 is 5.11 Å². The zero-order valence-electron chi connectivity index (χ0n) is 9.45. The fourth-order valence-corrected chi connectivity index (χ4v) is 2.00. The maximum Gasteiger partial charge on any atom is 0.185 e. The molecule has 0 radical (unpaired) electrons. The van der Waals surface area contributed by atoms with Crippen LogP contribution in [0.4, 0.5) is 0 Å². The molecule has 1 N–H and O–H groups in total. The summed E-state index contributed by atoms with van der Waals surface area (Å²) < 4.78 is 0. The Kier molecular flexibility index (Phi) is 5.27. The molecular formula is C11H22BNO. The van der Waals surface area contributed by atoms with E-state index >= 15 is 0 Å². The van der Waals surface area contributed by atoms with Crippen molar-refractivity contribution in [1.82, 2.24) is 4.81 Å². The predicted octanol–water partition coefficient (Wildman–Crippen LogP) is 1.11. The van der Waals surface area contributed by atoms with Gasteiger partial charge in [0.25, 0.3) is 0 Å². The minimum absolute atomic E-state index is 0.115. The second kappa shape index (κ2) is 6.25. The first-order valence-electron chi connectivity index (χ1n) is 5.79. The van der Waals surface area contributed by atoms with Crippen LogP contribution in [-0.4, -0.2) is 36.6 Å². The predicted molar refractivity (Wildman–Crippen MR) is 62.9 cm³/mol. The summed E-state index contributed by atoms with van der Waals surface area (Å²) in [7, 11) is 2.10. The summed E-state index contributed by atoms with van der Waals surface area (Å²) in [4.78, 5) is 2.26. The lowest BCUT2D eigenvalue weighted by Crippen LogP contribution is -2.32. The van der Waals surface area contributed by atoms with E-state index in [2.05, 4.69) is 31.9 Å². The smallest absolute Gasteiger partial charge is 0.185 e. The molecule has 1 aliphatic heterocycles. The summed E-state index contributed by atoms with van der Waals surface area (Å²) in [6.07, 6.45) is 10.0. The number of nitrogens with zero attached hydrogens (tertiary/aromatic N) is 1. The quantitative estimate of drug-likeness (QED) is 0.403. The molecule has 0 spiro atoms. The van der Waals surface area contributed by atoms with Gasteiger partial charge in [-0.2, -0.15) is 0 Å². The summed E-state index contributed by atoms with van der Waals surface area (Å²) in [6, 6.07) is 0.355. The van der Waals surface area contributed by atoms with Crippen molar-refractivity contribution in [3.8, 4) is 0 Å². The molecule has 0 saturated carbocycles. The van der Waals surface area contributed by atoms with E-state index in [1.54, 1.807) is 0 Å². The van der Waals surface area contributed by atoms with Gasteiger partial charge in [-0.05, 0) is 25.8 Å². The largest absolute Gasteiger partial charge is 0.391 e. The van der Waals surface area contributed by atoms with E-state index in [0.29, 0.717) is 6.04 Å². The number of hydrogen-bond acceptors (Lipinski definition) is 2. The first-order valence-corrected chi connectivity index (χ1v) is 5.79. The highest BCUT2D eigenvalue weighted by Gasteiger charge is 2.28. The molecule has 0 aromatic heterocycles. The zero-order valence-corrected chi connectivity index (χ0v) is 9.45. The van der Waals surface area contributed by atoms with Crippen molar-refractivity contribution in [3.63, 3.8) is 0 Å². The van der Waals surface area contributed by atoms with Gasteiger partial charge in [-0.3, -0.25) is 0 Å². The molecule has 2 atom stereocenters. The Morgan fingerprint density at radius 1 is 1.50 bits per heavy atom. The summed E-state index contributed by atoms with van der Waals surface area (Å²) >= 11 is 0. The van der Waals surface area contributed by atoms with Gasteiger partial charge in [-0.15, -0.1) is 0 Å². The summed E-state index contributed by atoms with van der Waals surface area (Å²) in [6.45, 7) is 3.25. The molecule has 1 heterocycles. The third kappa shape index (κ3) is 3.47. The number of rotatable bonds is 5. The molecule has 0 aromatic carbocycles. The van der Waals surface area contributed by atoms with Crippen LogP contribution >= 0.6 is 0 Å². The topological polar surface area (TPSA) is 23.5 Å². The minimum Gasteiger partial charge on any atom is -0.391 e. The highest BCUT2D eigenvalue weighted by atomic mass is 16.3. The second-order valence-electron chi connectivity index (χ2n) is 4.25. The van der Waals surface area contributed by atoms with E-state index in [-0.39, 0.29) is 6.10 Å². The lowest BCUT2D eigenvalue weighted by molar-refractivity contribution is 0.144. The highest BCUT2D eigenvalue weighted by Crippen LogP contribution is 2.18. The molecular weight excluding hydrogens is 173 g/mol. The SMILES string of the molecule is BN1CCC(O)C1C/C=C\CCCC. The van der Waals surface area contributed by atoms with Gasteiger partial charge in [-0.1, -0.05) is 31.9 Å². The fourth-order valence-electron chi connectivity index (χ4n) is 2.00. The van der Waals surface area contributed by atoms with E-state index in [0.717, 1.165) is 19.4 Å². The van der Waals surface area contributed by atoms with Crippen LogP contribution in [0.15, 0.2) is 12.2 Å². The summed E-state index contributed by atoms with van der Waals surface area (Å²) in [5.74, 6) is 0. The van der Waals surface area contributed by atoms with Crippen LogP contribution in [-0.2, 0) is 0 Å². The van der Waals surface area contributed by atoms with Gasteiger partial charge in [0.2, 0.25) is 0 Å². The third-order valence-corrected chi connectivity index (χ3v) is 3.06. The Labute approximate surface area is 88.4 Å². The van der Waals surface area contributed by atoms with Crippen LogP contribution in [0, 0.1) is 0 Å². The van der Waals surface area contributed by atoms with Crippen LogP contribution in [0.5, 0.6) is 0 Å². The van der Waals surface area contributed by atoms with Gasteiger partial charge >= 0.3 is 0 Å². The van der Waals surface area contributed by atoms with Crippen LogP contribution in [0.1, 0.15) is 39.0 Å². The lowest BCUT2D eigenvalue weighted by atomic mass is 10.1.